The van der Waals surface area contributed by atoms with Crippen LogP contribution in [0.4, 0.5) is 0 Å². The van der Waals surface area contributed by atoms with E-state index in [4.69, 9.17) is 23.8 Å². The summed E-state index contributed by atoms with van der Waals surface area (Å²) >= 11 is 0. The van der Waals surface area contributed by atoms with Crippen LogP contribution in [-0.4, -0.2) is 77.9 Å². The van der Waals surface area contributed by atoms with Crippen LogP contribution in [0.2, 0.25) is 0 Å². The van der Waals surface area contributed by atoms with Crippen LogP contribution >= 0.6 is 7.82 Å². The van der Waals surface area contributed by atoms with Crippen LogP contribution in [0.25, 0.3) is 0 Å². The van der Waals surface area contributed by atoms with E-state index in [2.05, 4.69) is 73.1 Å². The Kier molecular flexibility index (Phi) is 33.0. The zero-order valence-corrected chi connectivity index (χ0v) is 35.4. The molecule has 0 aliphatic carbocycles. The number of carbonyl (C=O) groups excluding carboxylic acids is 2. The van der Waals surface area contributed by atoms with Gasteiger partial charge in [-0.3, -0.25) is 18.6 Å². The lowest BCUT2D eigenvalue weighted by atomic mass is 10.1. The van der Waals surface area contributed by atoms with Gasteiger partial charge in [0.25, 0.3) is 0 Å². The molecule has 5 unspecified atom stereocenters. The van der Waals surface area contributed by atoms with Crippen molar-refractivity contribution < 1.29 is 52.5 Å². The molecule has 1 rings (SSSR count). The van der Waals surface area contributed by atoms with E-state index in [1.54, 1.807) is 0 Å². The summed E-state index contributed by atoms with van der Waals surface area (Å²) in [5, 5.41) is 18.3. The fourth-order valence-electron chi connectivity index (χ4n) is 5.65. The molecule has 0 aromatic heterocycles. The van der Waals surface area contributed by atoms with Crippen LogP contribution in [0, 0.1) is 0 Å². The minimum atomic E-state index is -4.64. The number of unbranched alkanes of at least 4 members (excludes halogenated alkanes) is 12. The highest BCUT2D eigenvalue weighted by Gasteiger charge is 2.36. The molecular formula is C44H75O11P. The van der Waals surface area contributed by atoms with Gasteiger partial charge in [0.05, 0.1) is 32.0 Å². The summed E-state index contributed by atoms with van der Waals surface area (Å²) in [6.07, 6.45) is 40.7. The third kappa shape index (κ3) is 32.7. The Labute approximate surface area is 338 Å². The van der Waals surface area contributed by atoms with E-state index < -0.39 is 51.8 Å². The van der Waals surface area contributed by atoms with Crippen LogP contribution in [0.5, 0.6) is 0 Å². The number of hydrogen-bond donors (Lipinski definition) is 3. The second-order valence-electron chi connectivity index (χ2n) is 14.4. The molecule has 1 fully saturated rings. The molecule has 1 aliphatic heterocycles. The van der Waals surface area contributed by atoms with Gasteiger partial charge in [0.1, 0.15) is 12.7 Å². The van der Waals surface area contributed by atoms with E-state index in [1.807, 2.05) is 6.08 Å². The van der Waals surface area contributed by atoms with Crippen molar-refractivity contribution in [2.24, 2.45) is 0 Å². The van der Waals surface area contributed by atoms with E-state index in [1.165, 1.54) is 38.5 Å². The maximum atomic E-state index is 12.6. The first-order valence-electron chi connectivity index (χ1n) is 21.4. The van der Waals surface area contributed by atoms with Crippen LogP contribution in [0.3, 0.4) is 0 Å². The number of hydrogen-bond acceptors (Lipinski definition) is 10. The summed E-state index contributed by atoms with van der Waals surface area (Å²) in [5.41, 5.74) is 0. The number of phosphoric ester groups is 1. The second-order valence-corrected chi connectivity index (χ2v) is 15.8. The van der Waals surface area contributed by atoms with Gasteiger partial charge in [-0.2, -0.15) is 0 Å². The molecule has 0 bridgehead atoms. The van der Waals surface area contributed by atoms with Crippen molar-refractivity contribution in [1.82, 2.24) is 0 Å². The summed E-state index contributed by atoms with van der Waals surface area (Å²) in [6, 6.07) is 0. The zero-order chi connectivity index (χ0) is 41.0. The molecule has 0 spiro atoms. The number of allylic oxidation sites excluding steroid dienone is 8. The quantitative estimate of drug-likeness (QED) is 0.0179. The molecule has 1 heterocycles. The fourth-order valence-corrected chi connectivity index (χ4v) is 6.44. The minimum absolute atomic E-state index is 0.0936. The van der Waals surface area contributed by atoms with Gasteiger partial charge in [-0.25, -0.2) is 4.57 Å². The van der Waals surface area contributed by atoms with Crippen molar-refractivity contribution in [3.05, 3.63) is 60.8 Å². The van der Waals surface area contributed by atoms with E-state index in [0.29, 0.717) is 19.3 Å². The third-order valence-electron chi connectivity index (χ3n) is 9.06. The Bertz CT molecular complexity index is 1180. The zero-order valence-electron chi connectivity index (χ0n) is 34.5. The fraction of sp³-hybridized carbons (Fsp3) is 0.727. The summed E-state index contributed by atoms with van der Waals surface area (Å²) in [4.78, 5) is 35.0. The van der Waals surface area contributed by atoms with Gasteiger partial charge in [0.2, 0.25) is 0 Å². The number of ether oxygens (including phenoxy) is 3. The minimum Gasteiger partial charge on any atom is -0.462 e. The van der Waals surface area contributed by atoms with E-state index in [9.17, 15) is 24.2 Å². The Morgan fingerprint density at radius 3 is 1.80 bits per heavy atom. The molecule has 11 nitrogen and oxygen atoms in total. The molecule has 0 radical (unpaired) electrons. The standard InChI is InChI=1S/C44H75O11P/c1-3-5-7-9-11-13-14-15-16-17-18-20-22-24-29-33-43(47)51-37-40(38-53-56(49,50)52-36-39(46)35-45)54-44(48)34-30-26-25-28-32-42-41(55-42)31-27-23-21-19-12-10-8-6-4-2/h6,8,12,15-16,19,23,25,27-28,39-42,45-46H,3-5,7,9-11,13-14,17-18,20-22,24,26,29-38H2,1-2H3,(H,49,50). The highest BCUT2D eigenvalue weighted by molar-refractivity contribution is 7.47. The van der Waals surface area contributed by atoms with Gasteiger partial charge in [0, 0.05) is 12.8 Å². The molecule has 3 N–H and O–H groups in total. The largest absolute Gasteiger partial charge is 0.472 e. The molecule has 56 heavy (non-hydrogen) atoms. The van der Waals surface area contributed by atoms with Gasteiger partial charge in [0.15, 0.2) is 6.10 Å². The SMILES string of the molecule is CCC=CCC=CCC=CCC1OC1CC=CCCCC(=O)OC(COC(=O)CCCCCCCC=CCCCCCCCC)COP(=O)(O)OCC(O)CO. The Morgan fingerprint density at radius 2 is 1.16 bits per heavy atom. The number of rotatable bonds is 38. The molecule has 0 aromatic rings. The van der Waals surface area contributed by atoms with Crippen LogP contribution in [0.15, 0.2) is 60.8 Å². The maximum Gasteiger partial charge on any atom is 0.472 e. The smallest absolute Gasteiger partial charge is 0.462 e. The Hall–Kier alpha value is -2.37. The van der Waals surface area contributed by atoms with E-state index >= 15 is 0 Å². The molecule has 0 aromatic carbocycles. The number of epoxide rings is 1. The molecular weight excluding hydrogens is 735 g/mol. The number of phosphoric acid groups is 1. The first kappa shape index (κ1) is 51.6. The van der Waals surface area contributed by atoms with E-state index in [0.717, 1.165) is 70.6 Å². The normalized spacial score (nSPS) is 18.1. The summed E-state index contributed by atoms with van der Waals surface area (Å²) in [7, 11) is -4.64. The van der Waals surface area contributed by atoms with Crippen molar-refractivity contribution in [1.29, 1.82) is 0 Å². The first-order chi connectivity index (χ1) is 27.2. The molecule has 322 valence electrons. The summed E-state index contributed by atoms with van der Waals surface area (Å²) in [6.45, 7) is 2.15. The average Bonchev–Trinajstić information content (AvgIpc) is 3.94. The monoisotopic (exact) mass is 811 g/mol. The Balaban J connectivity index is 2.32. The second kappa shape index (κ2) is 35.8. The van der Waals surface area contributed by atoms with Gasteiger partial charge >= 0.3 is 19.8 Å². The molecule has 0 amide bonds. The number of carbonyl (C=O) groups is 2. The highest BCUT2D eigenvalue weighted by Crippen LogP contribution is 2.43. The third-order valence-corrected chi connectivity index (χ3v) is 10.0. The number of aliphatic hydroxyl groups excluding tert-OH is 2. The number of esters is 2. The van der Waals surface area contributed by atoms with Gasteiger partial charge < -0.3 is 29.3 Å². The molecule has 0 saturated carbocycles. The first-order valence-corrected chi connectivity index (χ1v) is 22.9. The lowest BCUT2D eigenvalue weighted by Gasteiger charge is -2.20. The lowest BCUT2D eigenvalue weighted by molar-refractivity contribution is -0.161. The van der Waals surface area contributed by atoms with Crippen molar-refractivity contribution in [2.45, 2.75) is 180 Å². The average molecular weight is 811 g/mol. The van der Waals surface area contributed by atoms with Gasteiger partial charge in [-0.05, 0) is 77.0 Å². The van der Waals surface area contributed by atoms with Crippen molar-refractivity contribution in [3.8, 4) is 0 Å². The van der Waals surface area contributed by atoms with Gasteiger partial charge in [-0.15, -0.1) is 0 Å². The summed E-state index contributed by atoms with van der Waals surface area (Å²) < 4.78 is 38.4. The molecule has 12 heteroatoms. The Morgan fingerprint density at radius 1 is 0.643 bits per heavy atom. The highest BCUT2D eigenvalue weighted by atomic mass is 31.2. The van der Waals surface area contributed by atoms with E-state index in [-0.39, 0.29) is 31.7 Å². The van der Waals surface area contributed by atoms with Crippen LogP contribution < -0.4 is 0 Å². The molecule has 1 saturated heterocycles. The lowest BCUT2D eigenvalue weighted by Crippen LogP contribution is -2.29. The summed E-state index contributed by atoms with van der Waals surface area (Å²) in [5.74, 6) is -1.02. The molecule has 5 atom stereocenters. The maximum absolute atomic E-state index is 12.6. The van der Waals surface area contributed by atoms with Gasteiger partial charge in [-0.1, -0.05) is 126 Å². The topological polar surface area (TPSA) is 161 Å². The van der Waals surface area contributed by atoms with Crippen molar-refractivity contribution >= 4 is 19.8 Å². The molecule has 1 aliphatic rings. The number of aliphatic hydroxyl groups is 2. The van der Waals surface area contributed by atoms with Crippen molar-refractivity contribution in [3.63, 3.8) is 0 Å². The van der Waals surface area contributed by atoms with Crippen LogP contribution in [-0.2, 0) is 37.4 Å². The predicted molar refractivity (Wildman–Crippen MR) is 223 cm³/mol. The van der Waals surface area contributed by atoms with Crippen molar-refractivity contribution in [2.75, 3.05) is 26.4 Å². The predicted octanol–water partition coefficient (Wildman–Crippen LogP) is 10.1. The van der Waals surface area contributed by atoms with Crippen LogP contribution in [0.1, 0.15) is 155 Å².